The molecule has 0 spiro atoms. The number of hydrogen-bond donors (Lipinski definition) is 2. The van der Waals surface area contributed by atoms with Gasteiger partial charge >= 0.3 is 5.97 Å². The van der Waals surface area contributed by atoms with Gasteiger partial charge in [0.1, 0.15) is 23.5 Å². The number of carbonyl (C=O) groups excluding carboxylic acids is 1. The minimum Gasteiger partial charge on any atom is -0.492 e. The molecule has 0 aromatic heterocycles. The fraction of sp³-hybridized carbons (Fsp3) is 0.588. The zero-order valence-electron chi connectivity index (χ0n) is 14.3. The standard InChI is InChI=1S/C17H24ClN3O4/c1-23-14-9-21(6-4-19)5-2-13(14)25-17(22)11-8-12(18)15(20)10-3-7-24-16(10)11/h8,13-14H,2-7,9,19-20H2,1H3. The molecule has 3 rings (SSSR count). The molecule has 0 amide bonds. The second-order valence-corrected chi connectivity index (χ2v) is 6.73. The highest BCUT2D eigenvalue weighted by atomic mass is 35.5. The van der Waals surface area contributed by atoms with Crippen LogP contribution in [0.4, 0.5) is 5.69 Å². The molecular formula is C17H24ClN3O4. The Morgan fingerprint density at radius 3 is 3.00 bits per heavy atom. The van der Waals surface area contributed by atoms with E-state index >= 15 is 0 Å². The van der Waals surface area contributed by atoms with Gasteiger partial charge in [-0.25, -0.2) is 4.79 Å². The summed E-state index contributed by atoms with van der Waals surface area (Å²) in [4.78, 5) is 14.9. The molecule has 1 aromatic rings. The number of nitrogens with zero attached hydrogens (tertiary/aromatic N) is 1. The fourth-order valence-corrected chi connectivity index (χ4v) is 3.65. The van der Waals surface area contributed by atoms with Gasteiger partial charge in [0.15, 0.2) is 0 Å². The van der Waals surface area contributed by atoms with Crippen molar-refractivity contribution in [3.8, 4) is 5.75 Å². The number of halogens is 1. The number of carbonyl (C=O) groups is 1. The van der Waals surface area contributed by atoms with E-state index in [1.807, 2.05) is 0 Å². The van der Waals surface area contributed by atoms with Gasteiger partial charge in [-0.3, -0.25) is 4.90 Å². The van der Waals surface area contributed by atoms with E-state index in [0.29, 0.717) is 54.6 Å². The van der Waals surface area contributed by atoms with Crippen LogP contribution in [0.5, 0.6) is 5.75 Å². The van der Waals surface area contributed by atoms with Crippen molar-refractivity contribution < 1.29 is 19.0 Å². The summed E-state index contributed by atoms with van der Waals surface area (Å²) in [7, 11) is 1.62. The van der Waals surface area contributed by atoms with Gasteiger partial charge in [-0.05, 0) is 12.5 Å². The molecule has 2 atom stereocenters. The Bertz CT molecular complexity index is 655. The van der Waals surface area contributed by atoms with Crippen LogP contribution in [0, 0.1) is 0 Å². The van der Waals surface area contributed by atoms with Gasteiger partial charge in [-0.15, -0.1) is 0 Å². The van der Waals surface area contributed by atoms with Crippen LogP contribution in [0.25, 0.3) is 0 Å². The Morgan fingerprint density at radius 2 is 2.28 bits per heavy atom. The number of rotatable bonds is 5. The van der Waals surface area contributed by atoms with Gasteiger partial charge in [-0.1, -0.05) is 11.6 Å². The largest absolute Gasteiger partial charge is 0.492 e. The zero-order chi connectivity index (χ0) is 18.0. The molecule has 0 bridgehead atoms. The molecule has 2 unspecified atom stereocenters. The van der Waals surface area contributed by atoms with E-state index in [1.54, 1.807) is 7.11 Å². The number of hydrogen-bond acceptors (Lipinski definition) is 7. The quantitative estimate of drug-likeness (QED) is 0.591. The average molecular weight is 370 g/mol. The number of piperidine rings is 1. The molecular weight excluding hydrogens is 346 g/mol. The molecule has 1 fully saturated rings. The first kappa shape index (κ1) is 18.3. The van der Waals surface area contributed by atoms with Crippen molar-refractivity contribution in [3.63, 3.8) is 0 Å². The van der Waals surface area contributed by atoms with Crippen LogP contribution < -0.4 is 16.2 Å². The first-order chi connectivity index (χ1) is 12.0. The topological polar surface area (TPSA) is 100 Å². The molecule has 1 saturated heterocycles. The molecule has 2 aliphatic rings. The van der Waals surface area contributed by atoms with Crippen molar-refractivity contribution in [3.05, 3.63) is 22.2 Å². The normalized spacial score (nSPS) is 23.2. The lowest BCUT2D eigenvalue weighted by molar-refractivity contribution is -0.0724. The van der Waals surface area contributed by atoms with E-state index in [9.17, 15) is 4.79 Å². The van der Waals surface area contributed by atoms with Crippen LogP contribution in [-0.4, -0.2) is 63.0 Å². The number of methoxy groups -OCH3 is 1. The van der Waals surface area contributed by atoms with E-state index < -0.39 is 5.97 Å². The number of nitrogens with two attached hydrogens (primary N) is 2. The highest BCUT2D eigenvalue weighted by Gasteiger charge is 2.34. The van der Waals surface area contributed by atoms with E-state index in [1.165, 1.54) is 6.07 Å². The van der Waals surface area contributed by atoms with Crippen molar-refractivity contribution in [2.24, 2.45) is 5.73 Å². The van der Waals surface area contributed by atoms with Crippen LogP contribution in [-0.2, 0) is 15.9 Å². The molecule has 0 aliphatic carbocycles. The number of fused-ring (bicyclic) bond motifs is 1. The molecule has 1 aromatic carbocycles. The second-order valence-electron chi connectivity index (χ2n) is 6.32. The summed E-state index contributed by atoms with van der Waals surface area (Å²) in [5, 5.41) is 0.345. The number of ether oxygens (including phenoxy) is 3. The smallest absolute Gasteiger partial charge is 0.342 e. The van der Waals surface area contributed by atoms with Gasteiger partial charge < -0.3 is 25.7 Å². The summed E-state index contributed by atoms with van der Waals surface area (Å²) in [5.74, 6) is 0.0285. The number of likely N-dealkylation sites (tertiary alicyclic amines) is 1. The molecule has 2 heterocycles. The highest BCUT2D eigenvalue weighted by Crippen LogP contribution is 2.39. The Labute approximate surface area is 152 Å². The second kappa shape index (κ2) is 7.78. The third-order valence-electron chi connectivity index (χ3n) is 4.78. The van der Waals surface area contributed by atoms with Crippen molar-refractivity contribution in [2.75, 3.05) is 45.6 Å². The maximum absolute atomic E-state index is 12.7. The number of nitrogen functional groups attached to an aromatic ring is 1. The third-order valence-corrected chi connectivity index (χ3v) is 5.09. The predicted octanol–water partition coefficient (Wildman–Crippen LogP) is 1.06. The van der Waals surface area contributed by atoms with Gasteiger partial charge in [0, 0.05) is 45.3 Å². The van der Waals surface area contributed by atoms with Gasteiger partial charge in [-0.2, -0.15) is 0 Å². The first-order valence-electron chi connectivity index (χ1n) is 8.45. The Morgan fingerprint density at radius 1 is 1.48 bits per heavy atom. The summed E-state index contributed by atoms with van der Waals surface area (Å²) in [6, 6.07) is 1.52. The van der Waals surface area contributed by atoms with Gasteiger partial charge in [0.25, 0.3) is 0 Å². The predicted molar refractivity (Wildman–Crippen MR) is 95.2 cm³/mol. The summed E-state index contributed by atoms with van der Waals surface area (Å²) >= 11 is 6.16. The lowest BCUT2D eigenvalue weighted by atomic mass is 10.0. The third kappa shape index (κ3) is 3.69. The first-order valence-corrected chi connectivity index (χ1v) is 8.82. The van der Waals surface area contributed by atoms with Crippen molar-refractivity contribution in [1.82, 2.24) is 4.90 Å². The van der Waals surface area contributed by atoms with E-state index in [2.05, 4.69) is 4.90 Å². The van der Waals surface area contributed by atoms with E-state index in [0.717, 1.165) is 18.7 Å². The maximum atomic E-state index is 12.7. The molecule has 8 heteroatoms. The number of esters is 1. The Balaban J connectivity index is 1.75. The van der Waals surface area contributed by atoms with E-state index in [4.69, 9.17) is 37.3 Å². The monoisotopic (exact) mass is 369 g/mol. The minimum atomic E-state index is -0.459. The Hall–Kier alpha value is -1.54. The van der Waals surface area contributed by atoms with Gasteiger partial charge in [0.05, 0.1) is 17.3 Å². The molecule has 2 aliphatic heterocycles. The van der Waals surface area contributed by atoms with Crippen LogP contribution in [0.15, 0.2) is 6.07 Å². The summed E-state index contributed by atoms with van der Waals surface area (Å²) in [5.41, 5.74) is 13.2. The average Bonchev–Trinajstić information content (AvgIpc) is 3.09. The summed E-state index contributed by atoms with van der Waals surface area (Å²) in [6.07, 6.45) is 0.818. The molecule has 25 heavy (non-hydrogen) atoms. The number of anilines is 1. The fourth-order valence-electron chi connectivity index (χ4n) is 3.43. The molecule has 0 saturated carbocycles. The lowest BCUT2D eigenvalue weighted by Crippen LogP contribution is -2.50. The van der Waals surface area contributed by atoms with Crippen molar-refractivity contribution in [2.45, 2.75) is 25.0 Å². The Kier molecular flexibility index (Phi) is 5.68. The lowest BCUT2D eigenvalue weighted by Gasteiger charge is -2.37. The van der Waals surface area contributed by atoms with E-state index in [-0.39, 0.29) is 12.2 Å². The van der Waals surface area contributed by atoms with Crippen LogP contribution in [0.3, 0.4) is 0 Å². The minimum absolute atomic E-state index is 0.192. The molecule has 0 radical (unpaired) electrons. The SMILES string of the molecule is COC1CN(CCN)CCC1OC(=O)c1cc(Cl)c(N)c2c1OCC2. The number of benzene rings is 1. The van der Waals surface area contributed by atoms with Gasteiger partial charge in [0.2, 0.25) is 0 Å². The summed E-state index contributed by atoms with van der Waals surface area (Å²) < 4.78 is 16.8. The van der Waals surface area contributed by atoms with Crippen LogP contribution >= 0.6 is 11.6 Å². The van der Waals surface area contributed by atoms with Crippen molar-refractivity contribution >= 4 is 23.3 Å². The maximum Gasteiger partial charge on any atom is 0.342 e. The summed E-state index contributed by atoms with van der Waals surface area (Å²) in [6.45, 7) is 3.37. The molecule has 7 nitrogen and oxygen atoms in total. The molecule has 4 N–H and O–H groups in total. The zero-order valence-corrected chi connectivity index (χ0v) is 15.1. The van der Waals surface area contributed by atoms with Crippen LogP contribution in [0.2, 0.25) is 5.02 Å². The van der Waals surface area contributed by atoms with Crippen LogP contribution in [0.1, 0.15) is 22.3 Å². The van der Waals surface area contributed by atoms with Crippen molar-refractivity contribution in [1.29, 1.82) is 0 Å². The highest BCUT2D eigenvalue weighted by molar-refractivity contribution is 6.33. The molecule has 138 valence electrons.